The lowest BCUT2D eigenvalue weighted by Gasteiger charge is -2.10. The van der Waals surface area contributed by atoms with E-state index >= 15 is 0 Å². The minimum Gasteiger partial charge on any atom is -0.232 e. The molecule has 0 aromatic heterocycles. The van der Waals surface area contributed by atoms with Crippen molar-refractivity contribution < 1.29 is 5.11 Å². The molecule has 1 heteroatoms. The highest BCUT2D eigenvalue weighted by Crippen LogP contribution is 2.18. The van der Waals surface area contributed by atoms with E-state index < -0.39 is 0 Å². The van der Waals surface area contributed by atoms with Gasteiger partial charge in [0.15, 0.2) is 0 Å². The highest BCUT2D eigenvalue weighted by molar-refractivity contribution is 5.38. The summed E-state index contributed by atoms with van der Waals surface area (Å²) in [5.41, 5.74) is 4.73. The standard InChI is InChI=1S/C12H17O/c1-4-10-6-9(3)12(8-13)11(5-2)7-10/h6-7H,4-5,8H2,1-3H3. The molecule has 0 aliphatic carbocycles. The third-order valence-corrected chi connectivity index (χ3v) is 2.56. The van der Waals surface area contributed by atoms with Crippen molar-refractivity contribution in [2.45, 2.75) is 40.2 Å². The van der Waals surface area contributed by atoms with Crippen molar-refractivity contribution in [2.24, 2.45) is 0 Å². The first kappa shape index (κ1) is 10.3. The molecule has 0 spiro atoms. The molecule has 1 aromatic rings. The highest BCUT2D eigenvalue weighted by atomic mass is 16.3. The van der Waals surface area contributed by atoms with Gasteiger partial charge in [-0.2, -0.15) is 0 Å². The van der Waals surface area contributed by atoms with Gasteiger partial charge in [-0.05, 0) is 42.0 Å². The lowest BCUT2D eigenvalue weighted by atomic mass is 9.96. The first-order chi connectivity index (χ1) is 6.22. The van der Waals surface area contributed by atoms with Crippen LogP contribution < -0.4 is 0 Å². The Bertz CT molecular complexity index is 289. The third-order valence-electron chi connectivity index (χ3n) is 2.56. The van der Waals surface area contributed by atoms with Crippen LogP contribution in [0.1, 0.15) is 36.1 Å². The van der Waals surface area contributed by atoms with E-state index in [2.05, 4.69) is 26.0 Å². The van der Waals surface area contributed by atoms with Gasteiger partial charge in [-0.3, -0.25) is 0 Å². The Hall–Kier alpha value is -0.820. The van der Waals surface area contributed by atoms with Crippen LogP contribution in [0.25, 0.3) is 0 Å². The maximum absolute atomic E-state index is 10.9. The molecule has 1 aromatic carbocycles. The van der Waals surface area contributed by atoms with Crippen LogP contribution in [-0.2, 0) is 24.6 Å². The molecular weight excluding hydrogens is 160 g/mol. The molecule has 1 nitrogen and oxygen atoms in total. The summed E-state index contributed by atoms with van der Waals surface area (Å²) in [6.07, 6.45) is 2.01. The maximum Gasteiger partial charge on any atom is 0.108 e. The van der Waals surface area contributed by atoms with E-state index in [1.807, 2.05) is 6.92 Å². The Morgan fingerprint density at radius 3 is 2.31 bits per heavy atom. The minimum absolute atomic E-state index is 0.0843. The first-order valence-corrected chi connectivity index (χ1v) is 4.92. The summed E-state index contributed by atoms with van der Waals surface area (Å²) < 4.78 is 0. The van der Waals surface area contributed by atoms with E-state index in [0.29, 0.717) is 0 Å². The SMILES string of the molecule is CCc1cc(C)c(C[O])c(CC)c1. The lowest BCUT2D eigenvalue weighted by molar-refractivity contribution is 0.176. The van der Waals surface area contributed by atoms with Gasteiger partial charge in [0.2, 0.25) is 0 Å². The van der Waals surface area contributed by atoms with E-state index in [1.54, 1.807) is 0 Å². The van der Waals surface area contributed by atoms with Gasteiger partial charge < -0.3 is 0 Å². The zero-order chi connectivity index (χ0) is 9.84. The highest BCUT2D eigenvalue weighted by Gasteiger charge is 2.05. The predicted molar refractivity (Wildman–Crippen MR) is 54.3 cm³/mol. The normalized spacial score (nSPS) is 10.5. The molecule has 0 bridgehead atoms. The quantitative estimate of drug-likeness (QED) is 0.676. The summed E-state index contributed by atoms with van der Waals surface area (Å²) >= 11 is 0. The third kappa shape index (κ3) is 2.10. The van der Waals surface area contributed by atoms with Crippen molar-refractivity contribution in [1.29, 1.82) is 0 Å². The van der Waals surface area contributed by atoms with Gasteiger partial charge in [0.1, 0.15) is 6.61 Å². The van der Waals surface area contributed by atoms with Crippen molar-refractivity contribution in [3.05, 3.63) is 34.4 Å². The Morgan fingerprint density at radius 2 is 1.85 bits per heavy atom. The van der Waals surface area contributed by atoms with Crippen LogP contribution in [0, 0.1) is 6.92 Å². The summed E-state index contributed by atoms with van der Waals surface area (Å²) in [7, 11) is 0. The van der Waals surface area contributed by atoms with Crippen LogP contribution in [0.4, 0.5) is 0 Å². The van der Waals surface area contributed by atoms with Gasteiger partial charge >= 0.3 is 0 Å². The zero-order valence-electron chi connectivity index (χ0n) is 8.68. The van der Waals surface area contributed by atoms with Gasteiger partial charge in [-0.1, -0.05) is 26.0 Å². The van der Waals surface area contributed by atoms with Crippen molar-refractivity contribution in [2.75, 3.05) is 0 Å². The fourth-order valence-electron chi connectivity index (χ4n) is 1.70. The molecule has 1 rings (SSSR count). The summed E-state index contributed by atoms with van der Waals surface area (Å²) in [6, 6.07) is 4.30. The van der Waals surface area contributed by atoms with E-state index in [-0.39, 0.29) is 6.61 Å². The number of benzene rings is 1. The molecule has 0 amide bonds. The molecule has 1 radical (unpaired) electrons. The fraction of sp³-hybridized carbons (Fsp3) is 0.500. The van der Waals surface area contributed by atoms with Crippen molar-refractivity contribution in [3.63, 3.8) is 0 Å². The zero-order valence-corrected chi connectivity index (χ0v) is 8.68. The number of rotatable bonds is 3. The van der Waals surface area contributed by atoms with Crippen LogP contribution in [-0.4, -0.2) is 0 Å². The Kier molecular flexibility index (Phi) is 3.49. The summed E-state index contributed by atoms with van der Waals surface area (Å²) in [5, 5.41) is 10.9. The van der Waals surface area contributed by atoms with Crippen molar-refractivity contribution >= 4 is 0 Å². The average Bonchev–Trinajstić information content (AvgIpc) is 2.16. The van der Waals surface area contributed by atoms with Crippen molar-refractivity contribution in [1.82, 2.24) is 0 Å². The molecule has 13 heavy (non-hydrogen) atoms. The summed E-state index contributed by atoms with van der Waals surface area (Å²) in [6.45, 7) is 6.20. The Balaban J connectivity index is 3.20. The maximum atomic E-state index is 10.9. The minimum atomic E-state index is -0.0843. The predicted octanol–water partition coefficient (Wildman–Crippen LogP) is 3.05. The first-order valence-electron chi connectivity index (χ1n) is 4.92. The molecular formula is C12H17O. The molecule has 0 saturated carbocycles. The molecule has 0 unspecified atom stereocenters. The molecule has 0 aliphatic heterocycles. The molecule has 0 atom stereocenters. The second kappa shape index (κ2) is 4.43. The molecule has 0 heterocycles. The van der Waals surface area contributed by atoms with Crippen LogP contribution >= 0.6 is 0 Å². The lowest BCUT2D eigenvalue weighted by Crippen LogP contribution is -1.97. The topological polar surface area (TPSA) is 19.9 Å². The second-order valence-electron chi connectivity index (χ2n) is 3.40. The molecule has 71 valence electrons. The number of aryl methyl sites for hydroxylation is 3. The molecule has 0 saturated heterocycles. The van der Waals surface area contributed by atoms with E-state index in [0.717, 1.165) is 24.0 Å². The fourth-order valence-corrected chi connectivity index (χ4v) is 1.70. The number of hydrogen-bond donors (Lipinski definition) is 0. The van der Waals surface area contributed by atoms with Crippen LogP contribution in [0.3, 0.4) is 0 Å². The second-order valence-corrected chi connectivity index (χ2v) is 3.40. The van der Waals surface area contributed by atoms with Gasteiger partial charge in [0.05, 0.1) is 0 Å². The van der Waals surface area contributed by atoms with Crippen LogP contribution in [0.5, 0.6) is 0 Å². The molecule has 0 N–H and O–H groups in total. The molecule has 0 fully saturated rings. The van der Waals surface area contributed by atoms with Gasteiger partial charge in [0, 0.05) is 0 Å². The van der Waals surface area contributed by atoms with E-state index in [1.165, 1.54) is 11.1 Å². The summed E-state index contributed by atoms with van der Waals surface area (Å²) in [4.78, 5) is 0. The van der Waals surface area contributed by atoms with E-state index in [4.69, 9.17) is 0 Å². The van der Waals surface area contributed by atoms with Gasteiger partial charge in [-0.25, -0.2) is 5.11 Å². The van der Waals surface area contributed by atoms with Gasteiger partial charge in [0.25, 0.3) is 0 Å². The summed E-state index contributed by atoms with van der Waals surface area (Å²) in [5.74, 6) is 0. The average molecular weight is 177 g/mol. The largest absolute Gasteiger partial charge is 0.232 e. The number of hydrogen-bond acceptors (Lipinski definition) is 0. The van der Waals surface area contributed by atoms with Crippen molar-refractivity contribution in [3.8, 4) is 0 Å². The van der Waals surface area contributed by atoms with Gasteiger partial charge in [-0.15, -0.1) is 0 Å². The van der Waals surface area contributed by atoms with E-state index in [9.17, 15) is 5.11 Å². The molecule has 0 aliphatic rings. The van der Waals surface area contributed by atoms with Crippen LogP contribution in [0.2, 0.25) is 0 Å². The Labute approximate surface area is 80.4 Å². The van der Waals surface area contributed by atoms with Crippen LogP contribution in [0.15, 0.2) is 12.1 Å². The monoisotopic (exact) mass is 177 g/mol. The Morgan fingerprint density at radius 1 is 1.15 bits per heavy atom. The smallest absolute Gasteiger partial charge is 0.108 e.